The number of hydrogen-bond acceptors (Lipinski definition) is 4. The van der Waals surface area contributed by atoms with Crippen LogP contribution in [-0.2, 0) is 21.2 Å². The standard InChI is InChI=1S/C15H18ClNO5S/c1-9-6-11-7-12(8-13(16)14(11)22-9)23(20,21)17-4-2-10(3-5-17)15(18)19/h7-10H,2-6H2,1H3,(H,18,19). The summed E-state index contributed by atoms with van der Waals surface area (Å²) in [4.78, 5) is 11.1. The Morgan fingerprint density at radius 3 is 2.61 bits per heavy atom. The second kappa shape index (κ2) is 5.96. The van der Waals surface area contributed by atoms with Crippen LogP contribution in [0.15, 0.2) is 17.0 Å². The van der Waals surface area contributed by atoms with E-state index < -0.39 is 21.9 Å². The molecular weight excluding hydrogens is 342 g/mol. The van der Waals surface area contributed by atoms with Gasteiger partial charge in [0.25, 0.3) is 0 Å². The smallest absolute Gasteiger partial charge is 0.306 e. The number of halogens is 1. The fourth-order valence-electron chi connectivity index (χ4n) is 3.10. The van der Waals surface area contributed by atoms with Crippen molar-refractivity contribution < 1.29 is 23.1 Å². The SMILES string of the molecule is CC1Cc2cc(S(=O)(=O)N3CCC(C(=O)O)CC3)cc(Cl)c2O1. The lowest BCUT2D eigenvalue weighted by atomic mass is 9.99. The van der Waals surface area contributed by atoms with Gasteiger partial charge in [-0.05, 0) is 31.9 Å². The lowest BCUT2D eigenvalue weighted by Crippen LogP contribution is -2.40. The van der Waals surface area contributed by atoms with E-state index in [9.17, 15) is 13.2 Å². The number of piperidine rings is 1. The van der Waals surface area contributed by atoms with E-state index in [-0.39, 0.29) is 24.1 Å². The molecule has 0 aromatic heterocycles. The molecule has 1 N–H and O–H groups in total. The van der Waals surface area contributed by atoms with E-state index in [0.29, 0.717) is 30.0 Å². The minimum Gasteiger partial charge on any atom is -0.489 e. The quantitative estimate of drug-likeness (QED) is 0.893. The topological polar surface area (TPSA) is 83.9 Å². The van der Waals surface area contributed by atoms with Crippen LogP contribution < -0.4 is 4.74 Å². The van der Waals surface area contributed by atoms with E-state index in [1.54, 1.807) is 6.07 Å². The Hall–Kier alpha value is -1.31. The Kier molecular flexibility index (Phi) is 4.29. The van der Waals surface area contributed by atoms with Gasteiger partial charge in [-0.25, -0.2) is 8.42 Å². The molecule has 1 aromatic rings. The zero-order valence-corrected chi connectivity index (χ0v) is 14.2. The van der Waals surface area contributed by atoms with E-state index in [2.05, 4.69) is 0 Å². The molecule has 126 valence electrons. The van der Waals surface area contributed by atoms with Crippen molar-refractivity contribution in [1.82, 2.24) is 4.31 Å². The summed E-state index contributed by atoms with van der Waals surface area (Å²) in [6.45, 7) is 2.32. The van der Waals surface area contributed by atoms with Gasteiger partial charge in [-0.15, -0.1) is 0 Å². The van der Waals surface area contributed by atoms with Crippen LogP contribution in [0.4, 0.5) is 0 Å². The summed E-state index contributed by atoms with van der Waals surface area (Å²) in [6, 6.07) is 3.03. The highest BCUT2D eigenvalue weighted by molar-refractivity contribution is 7.89. The maximum Gasteiger partial charge on any atom is 0.306 e. The molecule has 0 bridgehead atoms. The first kappa shape index (κ1) is 16.5. The van der Waals surface area contributed by atoms with Gasteiger partial charge in [-0.2, -0.15) is 4.31 Å². The molecule has 1 saturated heterocycles. The van der Waals surface area contributed by atoms with E-state index >= 15 is 0 Å². The molecule has 23 heavy (non-hydrogen) atoms. The maximum absolute atomic E-state index is 12.8. The number of hydrogen-bond donors (Lipinski definition) is 1. The highest BCUT2D eigenvalue weighted by atomic mass is 35.5. The molecule has 1 atom stereocenters. The van der Waals surface area contributed by atoms with Crippen molar-refractivity contribution in [2.45, 2.75) is 37.2 Å². The number of carboxylic acid groups (broad SMARTS) is 1. The van der Waals surface area contributed by atoms with Gasteiger partial charge in [0.05, 0.1) is 15.8 Å². The molecule has 2 aliphatic rings. The van der Waals surface area contributed by atoms with Gasteiger partial charge in [0.15, 0.2) is 0 Å². The highest BCUT2D eigenvalue weighted by Crippen LogP contribution is 2.38. The minimum absolute atomic E-state index is 0.0215. The summed E-state index contributed by atoms with van der Waals surface area (Å²) in [5.74, 6) is -0.782. The summed E-state index contributed by atoms with van der Waals surface area (Å²) in [5, 5.41) is 9.31. The first-order chi connectivity index (χ1) is 10.8. The van der Waals surface area contributed by atoms with E-state index in [4.69, 9.17) is 21.4 Å². The van der Waals surface area contributed by atoms with Crippen molar-refractivity contribution in [3.8, 4) is 5.75 Å². The van der Waals surface area contributed by atoms with Crippen LogP contribution in [0.3, 0.4) is 0 Å². The van der Waals surface area contributed by atoms with Gasteiger partial charge in [0.2, 0.25) is 10.0 Å². The molecule has 0 spiro atoms. The van der Waals surface area contributed by atoms with Gasteiger partial charge in [-0.3, -0.25) is 4.79 Å². The van der Waals surface area contributed by atoms with Crippen LogP contribution in [0, 0.1) is 5.92 Å². The molecule has 0 saturated carbocycles. The van der Waals surface area contributed by atoms with E-state index in [1.165, 1.54) is 10.4 Å². The minimum atomic E-state index is -3.67. The van der Waals surface area contributed by atoms with Crippen LogP contribution in [-0.4, -0.2) is 43.0 Å². The highest BCUT2D eigenvalue weighted by Gasteiger charge is 2.33. The predicted octanol–water partition coefficient (Wildman–Crippen LogP) is 2.15. The summed E-state index contributed by atoms with van der Waals surface area (Å²) in [6.07, 6.45) is 1.26. The van der Waals surface area contributed by atoms with Gasteiger partial charge in [0, 0.05) is 25.1 Å². The Morgan fingerprint density at radius 1 is 1.35 bits per heavy atom. The number of nitrogens with zero attached hydrogens (tertiary/aromatic N) is 1. The lowest BCUT2D eigenvalue weighted by Gasteiger charge is -2.29. The van der Waals surface area contributed by atoms with Gasteiger partial charge in [-0.1, -0.05) is 11.6 Å². The number of rotatable bonds is 3. The number of aliphatic carboxylic acids is 1. The molecule has 0 amide bonds. The van der Waals surface area contributed by atoms with Crippen LogP contribution in [0.5, 0.6) is 5.75 Å². The Balaban J connectivity index is 1.86. The molecule has 6 nitrogen and oxygen atoms in total. The third-order valence-electron chi connectivity index (χ3n) is 4.36. The summed E-state index contributed by atoms with van der Waals surface area (Å²) in [7, 11) is -3.67. The van der Waals surface area contributed by atoms with Crippen LogP contribution in [0.25, 0.3) is 0 Å². The Labute approximate surface area is 140 Å². The van der Waals surface area contributed by atoms with Gasteiger partial charge >= 0.3 is 5.97 Å². The first-order valence-electron chi connectivity index (χ1n) is 7.51. The predicted molar refractivity (Wildman–Crippen MR) is 84.4 cm³/mol. The summed E-state index contributed by atoms with van der Waals surface area (Å²) >= 11 is 6.16. The molecule has 1 fully saturated rings. The number of fused-ring (bicyclic) bond motifs is 1. The van der Waals surface area contributed by atoms with Crippen molar-refractivity contribution >= 4 is 27.6 Å². The third kappa shape index (κ3) is 3.05. The summed E-state index contributed by atoms with van der Waals surface area (Å²) < 4.78 is 32.5. The van der Waals surface area contributed by atoms with Crippen molar-refractivity contribution in [3.63, 3.8) is 0 Å². The average Bonchev–Trinajstić information content (AvgIpc) is 2.88. The first-order valence-corrected chi connectivity index (χ1v) is 9.33. The van der Waals surface area contributed by atoms with Crippen molar-refractivity contribution in [3.05, 3.63) is 22.7 Å². The Bertz CT molecular complexity index is 740. The van der Waals surface area contributed by atoms with Gasteiger partial charge < -0.3 is 9.84 Å². The monoisotopic (exact) mass is 359 g/mol. The fraction of sp³-hybridized carbons (Fsp3) is 0.533. The van der Waals surface area contributed by atoms with E-state index in [1.807, 2.05) is 6.92 Å². The lowest BCUT2D eigenvalue weighted by molar-refractivity contribution is -0.142. The average molecular weight is 360 g/mol. The fourth-order valence-corrected chi connectivity index (χ4v) is 5.00. The molecule has 0 aliphatic carbocycles. The van der Waals surface area contributed by atoms with Crippen molar-refractivity contribution in [1.29, 1.82) is 0 Å². The zero-order valence-electron chi connectivity index (χ0n) is 12.7. The molecule has 2 heterocycles. The maximum atomic E-state index is 12.8. The largest absolute Gasteiger partial charge is 0.489 e. The molecule has 3 rings (SSSR count). The zero-order chi connectivity index (χ0) is 16.8. The molecule has 2 aliphatic heterocycles. The van der Waals surface area contributed by atoms with Crippen molar-refractivity contribution in [2.24, 2.45) is 5.92 Å². The molecule has 1 unspecified atom stereocenters. The molecular formula is C15H18ClNO5S. The number of carbonyl (C=O) groups is 1. The molecule has 0 radical (unpaired) electrons. The van der Waals surface area contributed by atoms with Crippen LogP contribution in [0.2, 0.25) is 5.02 Å². The van der Waals surface area contributed by atoms with Crippen LogP contribution in [0.1, 0.15) is 25.3 Å². The molecule has 8 heteroatoms. The summed E-state index contributed by atoms with van der Waals surface area (Å²) in [5.41, 5.74) is 0.795. The molecule has 1 aromatic carbocycles. The van der Waals surface area contributed by atoms with Gasteiger partial charge in [0.1, 0.15) is 11.9 Å². The number of benzene rings is 1. The Morgan fingerprint density at radius 2 is 2.00 bits per heavy atom. The van der Waals surface area contributed by atoms with Crippen LogP contribution >= 0.6 is 11.6 Å². The normalized spacial score (nSPS) is 22.6. The number of carboxylic acids is 1. The number of ether oxygens (including phenoxy) is 1. The van der Waals surface area contributed by atoms with Crippen molar-refractivity contribution in [2.75, 3.05) is 13.1 Å². The third-order valence-corrected chi connectivity index (χ3v) is 6.52. The van der Waals surface area contributed by atoms with E-state index in [0.717, 1.165) is 5.56 Å². The number of sulfonamides is 1. The second-order valence-corrected chi connectivity index (χ2v) is 8.39. The second-order valence-electron chi connectivity index (χ2n) is 6.04.